The van der Waals surface area contributed by atoms with Gasteiger partial charge in [0.25, 0.3) is 10.0 Å². The summed E-state index contributed by atoms with van der Waals surface area (Å²) in [6.45, 7) is 1.90. The molecular formula is C25H20N2O3S. The highest BCUT2D eigenvalue weighted by atomic mass is 32.2. The number of hydrogen-bond acceptors (Lipinski definition) is 4. The third kappa shape index (κ3) is 2.95. The summed E-state index contributed by atoms with van der Waals surface area (Å²) >= 11 is 0. The molecule has 0 radical (unpaired) electrons. The summed E-state index contributed by atoms with van der Waals surface area (Å²) < 4.78 is 28.1. The Labute approximate surface area is 181 Å². The maximum atomic E-state index is 13.5. The van der Waals surface area contributed by atoms with Gasteiger partial charge >= 0.3 is 0 Å². The fraction of sp³-hybridized carbons (Fsp3) is 0.0800. The zero-order chi connectivity index (χ0) is 21.6. The van der Waals surface area contributed by atoms with E-state index in [0.29, 0.717) is 11.1 Å². The van der Waals surface area contributed by atoms with Gasteiger partial charge in [0.1, 0.15) is 0 Å². The van der Waals surface area contributed by atoms with Gasteiger partial charge in [-0.25, -0.2) is 17.4 Å². The first-order valence-corrected chi connectivity index (χ1v) is 11.3. The van der Waals surface area contributed by atoms with Gasteiger partial charge in [-0.05, 0) is 30.2 Å². The lowest BCUT2D eigenvalue weighted by atomic mass is 9.82. The lowest BCUT2D eigenvalue weighted by Crippen LogP contribution is -2.35. The van der Waals surface area contributed by atoms with Crippen molar-refractivity contribution < 1.29 is 13.5 Å². The van der Waals surface area contributed by atoms with E-state index in [9.17, 15) is 13.5 Å². The molecule has 0 amide bonds. The third-order valence-corrected chi connectivity index (χ3v) is 7.33. The molecular weight excluding hydrogens is 408 g/mol. The number of hydrogen-bond donors (Lipinski definition) is 1. The molecule has 1 heterocycles. The van der Waals surface area contributed by atoms with E-state index in [1.54, 1.807) is 36.4 Å². The number of aryl methyl sites for hydroxylation is 1. The second kappa shape index (κ2) is 7.04. The van der Waals surface area contributed by atoms with Crippen molar-refractivity contribution in [1.82, 2.24) is 8.96 Å². The van der Waals surface area contributed by atoms with E-state index in [1.807, 2.05) is 55.5 Å². The number of aliphatic hydroxyl groups is 1. The number of rotatable bonds is 3. The van der Waals surface area contributed by atoms with Gasteiger partial charge in [-0.15, -0.1) is 0 Å². The van der Waals surface area contributed by atoms with Gasteiger partial charge in [0.15, 0.2) is 11.4 Å². The lowest BCUT2D eigenvalue weighted by Gasteiger charge is -2.30. The number of aromatic nitrogens is 2. The smallest absolute Gasteiger partial charge is 0.269 e. The average molecular weight is 429 g/mol. The van der Waals surface area contributed by atoms with Crippen LogP contribution in [-0.4, -0.2) is 22.5 Å². The molecule has 31 heavy (non-hydrogen) atoms. The van der Waals surface area contributed by atoms with Crippen LogP contribution in [0.3, 0.4) is 0 Å². The van der Waals surface area contributed by atoms with E-state index in [2.05, 4.69) is 4.98 Å². The van der Waals surface area contributed by atoms with E-state index in [-0.39, 0.29) is 10.7 Å². The molecule has 4 aromatic rings. The predicted octanol–water partition coefficient (Wildman–Crippen LogP) is 4.20. The van der Waals surface area contributed by atoms with E-state index >= 15 is 0 Å². The summed E-state index contributed by atoms with van der Waals surface area (Å²) in [5, 5.41) is 12.3. The molecule has 6 heteroatoms. The van der Waals surface area contributed by atoms with Gasteiger partial charge in [-0.1, -0.05) is 78.4 Å². The number of benzene rings is 3. The number of fused-ring (bicyclic) bond motifs is 2. The minimum atomic E-state index is -3.97. The third-order valence-electron chi connectivity index (χ3n) is 5.65. The molecule has 0 saturated heterocycles. The lowest BCUT2D eigenvalue weighted by molar-refractivity contribution is 0.115. The fourth-order valence-corrected chi connectivity index (χ4v) is 5.40. The molecule has 0 unspecified atom stereocenters. The first kappa shape index (κ1) is 19.5. The van der Waals surface area contributed by atoms with Crippen LogP contribution in [0.5, 0.6) is 0 Å². The van der Waals surface area contributed by atoms with Crippen LogP contribution in [0.2, 0.25) is 0 Å². The van der Waals surface area contributed by atoms with E-state index < -0.39 is 15.6 Å². The van der Waals surface area contributed by atoms with Gasteiger partial charge in [0.05, 0.1) is 4.90 Å². The molecule has 0 bridgehead atoms. The van der Waals surface area contributed by atoms with E-state index in [4.69, 9.17) is 0 Å². The Morgan fingerprint density at radius 3 is 1.97 bits per heavy atom. The molecule has 1 aromatic heterocycles. The number of nitrogens with zero attached hydrogens (tertiary/aromatic N) is 2. The molecule has 5 rings (SSSR count). The van der Waals surface area contributed by atoms with Gasteiger partial charge in [0, 0.05) is 23.5 Å². The van der Waals surface area contributed by atoms with Gasteiger partial charge in [0.2, 0.25) is 0 Å². The Kier molecular flexibility index (Phi) is 4.43. The average Bonchev–Trinajstić information content (AvgIpc) is 3.25. The Morgan fingerprint density at radius 2 is 1.39 bits per heavy atom. The van der Waals surface area contributed by atoms with Crippen LogP contribution in [0.25, 0.3) is 12.2 Å². The standard InChI is InChI=1S/C25H20N2O3S/c1-18-10-14-21(15-11-18)31(29,30)27-17-16-26-24(27)25(28)22-8-4-2-6-19(22)12-13-20-7-3-5-9-23(20)25/h2-17,28H,1H3. The summed E-state index contributed by atoms with van der Waals surface area (Å²) in [5.74, 6) is 0.0247. The zero-order valence-corrected chi connectivity index (χ0v) is 17.6. The monoisotopic (exact) mass is 428 g/mol. The zero-order valence-electron chi connectivity index (χ0n) is 16.8. The quantitative estimate of drug-likeness (QED) is 0.531. The molecule has 1 N–H and O–H groups in total. The van der Waals surface area contributed by atoms with Crippen LogP contribution in [0.4, 0.5) is 0 Å². The highest BCUT2D eigenvalue weighted by Gasteiger charge is 2.43. The maximum absolute atomic E-state index is 13.5. The summed E-state index contributed by atoms with van der Waals surface area (Å²) in [7, 11) is -3.97. The van der Waals surface area contributed by atoms with Crippen LogP contribution < -0.4 is 0 Å². The molecule has 5 nitrogen and oxygen atoms in total. The van der Waals surface area contributed by atoms with Crippen molar-refractivity contribution in [3.8, 4) is 0 Å². The van der Waals surface area contributed by atoms with Crippen LogP contribution in [0.15, 0.2) is 90.1 Å². The maximum Gasteiger partial charge on any atom is 0.269 e. The van der Waals surface area contributed by atoms with Crippen LogP contribution in [0.1, 0.15) is 33.6 Å². The van der Waals surface area contributed by atoms with Crippen molar-refractivity contribution in [3.05, 3.63) is 119 Å². The Bertz CT molecular complexity index is 1370. The van der Waals surface area contributed by atoms with Crippen molar-refractivity contribution in [2.75, 3.05) is 0 Å². The second-order valence-corrected chi connectivity index (χ2v) is 9.40. The van der Waals surface area contributed by atoms with Crippen molar-refractivity contribution in [3.63, 3.8) is 0 Å². The summed E-state index contributed by atoms with van der Waals surface area (Å²) in [5.41, 5.74) is 1.93. The van der Waals surface area contributed by atoms with Crippen molar-refractivity contribution >= 4 is 22.2 Å². The van der Waals surface area contributed by atoms with E-state index in [0.717, 1.165) is 20.7 Å². The second-order valence-electron chi connectivity index (χ2n) is 7.58. The van der Waals surface area contributed by atoms with Crippen molar-refractivity contribution in [2.24, 2.45) is 0 Å². The van der Waals surface area contributed by atoms with Crippen LogP contribution in [-0.2, 0) is 15.6 Å². The predicted molar refractivity (Wildman–Crippen MR) is 120 cm³/mol. The molecule has 1 aliphatic carbocycles. The highest BCUT2D eigenvalue weighted by molar-refractivity contribution is 7.90. The molecule has 0 atom stereocenters. The normalized spacial score (nSPS) is 14.5. The molecule has 1 aliphatic rings. The summed E-state index contributed by atoms with van der Waals surface area (Å²) in [6, 6.07) is 21.4. The summed E-state index contributed by atoms with van der Waals surface area (Å²) in [6.07, 6.45) is 6.64. The van der Waals surface area contributed by atoms with Crippen molar-refractivity contribution in [2.45, 2.75) is 17.4 Å². The highest BCUT2D eigenvalue weighted by Crippen LogP contribution is 2.42. The van der Waals surface area contributed by atoms with Gasteiger partial charge in [-0.2, -0.15) is 0 Å². The number of imidazole rings is 1. The SMILES string of the molecule is Cc1ccc(S(=O)(=O)n2ccnc2C2(O)c3ccccc3C=Cc3ccccc32)cc1. The van der Waals surface area contributed by atoms with Crippen LogP contribution >= 0.6 is 0 Å². The fourth-order valence-electron chi connectivity index (χ4n) is 4.07. The Morgan fingerprint density at radius 1 is 0.839 bits per heavy atom. The largest absolute Gasteiger partial charge is 0.373 e. The van der Waals surface area contributed by atoms with Gasteiger partial charge < -0.3 is 5.11 Å². The molecule has 0 saturated carbocycles. The Balaban J connectivity index is 1.81. The molecule has 0 aliphatic heterocycles. The van der Waals surface area contributed by atoms with Crippen LogP contribution in [0, 0.1) is 6.92 Å². The van der Waals surface area contributed by atoms with Crippen molar-refractivity contribution in [1.29, 1.82) is 0 Å². The molecule has 154 valence electrons. The summed E-state index contributed by atoms with van der Waals surface area (Å²) in [4.78, 5) is 4.50. The van der Waals surface area contributed by atoms with E-state index in [1.165, 1.54) is 12.4 Å². The first-order chi connectivity index (χ1) is 14.9. The molecule has 0 fully saturated rings. The van der Waals surface area contributed by atoms with Gasteiger partial charge in [-0.3, -0.25) is 0 Å². The Hall–Kier alpha value is -3.48. The molecule has 0 spiro atoms. The minimum Gasteiger partial charge on any atom is -0.373 e. The first-order valence-electron chi connectivity index (χ1n) is 9.88. The minimum absolute atomic E-state index is 0.0247. The topological polar surface area (TPSA) is 72.2 Å². The molecule has 3 aromatic carbocycles.